The molecule has 1 aromatic rings. The van der Waals surface area contributed by atoms with Gasteiger partial charge < -0.3 is 5.32 Å². The lowest BCUT2D eigenvalue weighted by atomic mass is 10.1. The van der Waals surface area contributed by atoms with Crippen LogP contribution in [0, 0.1) is 21.4 Å². The second-order valence-corrected chi connectivity index (χ2v) is 7.64. The molecule has 0 bridgehead atoms. The Labute approximate surface area is 123 Å². The third-order valence-corrected chi connectivity index (χ3v) is 5.43. The Morgan fingerprint density at radius 2 is 2.05 bits per heavy atom. The molecule has 0 aliphatic heterocycles. The van der Waals surface area contributed by atoms with E-state index >= 15 is 0 Å². The third-order valence-electron chi connectivity index (χ3n) is 3.98. The van der Waals surface area contributed by atoms with E-state index in [4.69, 9.17) is 0 Å². The number of rotatable bonds is 6. The van der Waals surface area contributed by atoms with Crippen LogP contribution >= 0.6 is 0 Å². The molecule has 0 heterocycles. The van der Waals surface area contributed by atoms with E-state index in [0.717, 1.165) is 6.42 Å². The van der Waals surface area contributed by atoms with E-state index in [1.165, 1.54) is 25.2 Å². The van der Waals surface area contributed by atoms with Crippen molar-refractivity contribution in [1.29, 1.82) is 0 Å². The first-order valence-corrected chi connectivity index (χ1v) is 8.12. The molecule has 116 valence electrons. The quantitative estimate of drug-likeness (QED) is 0.617. The molecule has 21 heavy (non-hydrogen) atoms. The molecule has 2 rings (SSSR count). The van der Waals surface area contributed by atoms with Crippen LogP contribution in [0.3, 0.4) is 0 Å². The van der Waals surface area contributed by atoms with Gasteiger partial charge in [0.15, 0.2) is 4.90 Å². The van der Waals surface area contributed by atoms with Crippen LogP contribution in [0.4, 0.5) is 11.4 Å². The smallest absolute Gasteiger partial charge is 0.312 e. The maximum atomic E-state index is 12.3. The molecule has 0 aromatic heterocycles. The van der Waals surface area contributed by atoms with Gasteiger partial charge in [0.1, 0.15) is 5.69 Å². The molecule has 7 nitrogen and oxygen atoms in total. The topological polar surface area (TPSA) is 101 Å². The van der Waals surface area contributed by atoms with Gasteiger partial charge in [-0.1, -0.05) is 19.9 Å². The van der Waals surface area contributed by atoms with E-state index in [1.54, 1.807) is 0 Å². The van der Waals surface area contributed by atoms with E-state index < -0.39 is 20.6 Å². The molecule has 1 aromatic carbocycles. The molecule has 1 aliphatic carbocycles. The lowest BCUT2D eigenvalue weighted by Crippen LogP contribution is -2.27. The highest BCUT2D eigenvalue weighted by atomic mass is 32.2. The Bertz CT molecular complexity index is 670. The SMILES string of the molecule is CNc1cccc(S(=O)(=O)NCC2CC2(C)C)c1[N+](=O)[O-]. The van der Waals surface area contributed by atoms with Crippen molar-refractivity contribution in [2.24, 2.45) is 11.3 Å². The number of hydrogen-bond donors (Lipinski definition) is 2. The Morgan fingerprint density at radius 1 is 1.43 bits per heavy atom. The monoisotopic (exact) mass is 313 g/mol. The summed E-state index contributed by atoms with van der Waals surface area (Å²) in [5.74, 6) is 0.277. The molecular weight excluding hydrogens is 294 g/mol. The molecular formula is C13H19N3O4S. The number of hydrogen-bond acceptors (Lipinski definition) is 5. The molecule has 1 aliphatic rings. The van der Waals surface area contributed by atoms with Crippen molar-refractivity contribution in [1.82, 2.24) is 4.72 Å². The minimum absolute atomic E-state index is 0.140. The molecule has 8 heteroatoms. The summed E-state index contributed by atoms with van der Waals surface area (Å²) in [5.41, 5.74) is -0.112. The Balaban J connectivity index is 2.29. The van der Waals surface area contributed by atoms with Gasteiger partial charge in [-0.05, 0) is 29.9 Å². The van der Waals surface area contributed by atoms with Crippen molar-refractivity contribution in [3.63, 3.8) is 0 Å². The van der Waals surface area contributed by atoms with Gasteiger partial charge >= 0.3 is 5.69 Å². The molecule has 1 fully saturated rings. The zero-order valence-corrected chi connectivity index (χ0v) is 13.0. The number of sulfonamides is 1. The summed E-state index contributed by atoms with van der Waals surface area (Å²) in [5, 5.41) is 13.8. The summed E-state index contributed by atoms with van der Waals surface area (Å²) in [6, 6.07) is 4.20. The zero-order chi connectivity index (χ0) is 15.8. The van der Waals surface area contributed by atoms with E-state index in [-0.39, 0.29) is 21.9 Å². The molecule has 2 N–H and O–H groups in total. The van der Waals surface area contributed by atoms with Gasteiger partial charge in [-0.3, -0.25) is 10.1 Å². The molecule has 1 saturated carbocycles. The van der Waals surface area contributed by atoms with Crippen LogP contribution in [0.1, 0.15) is 20.3 Å². The molecule has 0 spiro atoms. The highest BCUT2D eigenvalue weighted by Gasteiger charge is 2.45. The minimum Gasteiger partial charge on any atom is -0.383 e. The Hall–Kier alpha value is -1.67. The Kier molecular flexibility index (Phi) is 3.94. The van der Waals surface area contributed by atoms with E-state index in [2.05, 4.69) is 23.9 Å². The van der Waals surface area contributed by atoms with Crippen LogP contribution < -0.4 is 10.0 Å². The number of nitro benzene ring substituents is 1. The number of nitrogens with one attached hydrogen (secondary N) is 2. The fourth-order valence-electron chi connectivity index (χ4n) is 2.34. The maximum absolute atomic E-state index is 12.3. The maximum Gasteiger partial charge on any atom is 0.312 e. The molecule has 1 atom stereocenters. The van der Waals surface area contributed by atoms with E-state index in [1.807, 2.05) is 0 Å². The van der Waals surface area contributed by atoms with E-state index in [9.17, 15) is 18.5 Å². The van der Waals surface area contributed by atoms with Crippen molar-refractivity contribution in [3.8, 4) is 0 Å². The number of nitro groups is 1. The largest absolute Gasteiger partial charge is 0.383 e. The van der Waals surface area contributed by atoms with Crippen LogP contribution in [0.5, 0.6) is 0 Å². The van der Waals surface area contributed by atoms with Crippen molar-refractivity contribution < 1.29 is 13.3 Å². The van der Waals surface area contributed by atoms with Crippen LogP contribution in [0.2, 0.25) is 0 Å². The molecule has 1 unspecified atom stereocenters. The zero-order valence-electron chi connectivity index (χ0n) is 12.2. The second kappa shape index (κ2) is 5.27. The minimum atomic E-state index is -3.91. The highest BCUT2D eigenvalue weighted by molar-refractivity contribution is 7.89. The number of benzene rings is 1. The van der Waals surface area contributed by atoms with Crippen LogP contribution in [-0.4, -0.2) is 26.9 Å². The lowest BCUT2D eigenvalue weighted by Gasteiger charge is -2.10. The van der Waals surface area contributed by atoms with Gasteiger partial charge in [-0.15, -0.1) is 0 Å². The van der Waals surface area contributed by atoms with Crippen LogP contribution in [0.15, 0.2) is 23.1 Å². The van der Waals surface area contributed by atoms with Crippen LogP contribution in [0.25, 0.3) is 0 Å². The first-order chi connectivity index (χ1) is 9.69. The summed E-state index contributed by atoms with van der Waals surface area (Å²) >= 11 is 0. The molecule has 0 radical (unpaired) electrons. The first-order valence-electron chi connectivity index (χ1n) is 6.64. The summed E-state index contributed by atoms with van der Waals surface area (Å²) in [6.45, 7) is 4.43. The van der Waals surface area contributed by atoms with Gasteiger partial charge in [0.25, 0.3) is 0 Å². The number of nitrogens with zero attached hydrogens (tertiary/aromatic N) is 1. The predicted octanol–water partition coefficient (Wildman–Crippen LogP) is 1.96. The number of anilines is 1. The Morgan fingerprint density at radius 3 is 2.52 bits per heavy atom. The average Bonchev–Trinajstić information content (AvgIpc) is 3.03. The molecule has 0 amide bonds. The summed E-state index contributed by atoms with van der Waals surface area (Å²) in [4.78, 5) is 10.2. The summed E-state index contributed by atoms with van der Waals surface area (Å²) < 4.78 is 27.1. The van der Waals surface area contributed by atoms with Gasteiger partial charge in [0.05, 0.1) is 4.92 Å². The van der Waals surface area contributed by atoms with E-state index in [0.29, 0.717) is 6.54 Å². The third kappa shape index (κ3) is 3.16. The van der Waals surface area contributed by atoms with Gasteiger partial charge in [0, 0.05) is 13.6 Å². The van der Waals surface area contributed by atoms with Gasteiger partial charge in [-0.25, -0.2) is 13.1 Å². The number of para-hydroxylation sites is 1. The van der Waals surface area contributed by atoms with Crippen molar-refractivity contribution in [2.75, 3.05) is 18.9 Å². The highest BCUT2D eigenvalue weighted by Crippen LogP contribution is 2.51. The standard InChI is InChI=1S/C13H19N3O4S/c1-13(2)7-9(13)8-15-21(19,20)11-6-4-5-10(14-3)12(11)16(17)18/h4-6,9,14-15H,7-8H2,1-3H3. The van der Waals surface area contributed by atoms with Crippen molar-refractivity contribution >= 4 is 21.4 Å². The fraction of sp³-hybridized carbons (Fsp3) is 0.538. The summed E-state index contributed by atoms with van der Waals surface area (Å²) in [7, 11) is -2.39. The van der Waals surface area contributed by atoms with Crippen molar-refractivity contribution in [2.45, 2.75) is 25.2 Å². The van der Waals surface area contributed by atoms with Crippen molar-refractivity contribution in [3.05, 3.63) is 28.3 Å². The molecule has 0 saturated heterocycles. The normalized spacial score (nSPS) is 20.0. The van der Waals surface area contributed by atoms with Crippen LogP contribution in [-0.2, 0) is 10.0 Å². The fourth-order valence-corrected chi connectivity index (χ4v) is 3.61. The first kappa shape index (κ1) is 15.7. The van der Waals surface area contributed by atoms with Gasteiger partial charge in [-0.2, -0.15) is 0 Å². The average molecular weight is 313 g/mol. The van der Waals surface area contributed by atoms with Gasteiger partial charge in [0.2, 0.25) is 10.0 Å². The lowest BCUT2D eigenvalue weighted by molar-refractivity contribution is -0.386. The predicted molar refractivity (Wildman–Crippen MR) is 79.7 cm³/mol. The summed E-state index contributed by atoms with van der Waals surface area (Å²) in [6.07, 6.45) is 0.953. The second-order valence-electron chi connectivity index (χ2n) is 5.90.